The van der Waals surface area contributed by atoms with Crippen molar-refractivity contribution in [3.63, 3.8) is 0 Å². The van der Waals surface area contributed by atoms with Gasteiger partial charge in [0.1, 0.15) is 11.6 Å². The zero-order valence-corrected chi connectivity index (χ0v) is 14.1. The predicted molar refractivity (Wildman–Crippen MR) is 91.7 cm³/mol. The summed E-state index contributed by atoms with van der Waals surface area (Å²) in [6.45, 7) is 3.74. The van der Waals surface area contributed by atoms with Crippen LogP contribution in [-0.4, -0.2) is 28.0 Å². The average Bonchev–Trinajstić information content (AvgIpc) is 2.96. The molecule has 0 bridgehead atoms. The first kappa shape index (κ1) is 16.6. The van der Waals surface area contributed by atoms with Crippen molar-refractivity contribution in [2.75, 3.05) is 12.4 Å². The van der Waals surface area contributed by atoms with Gasteiger partial charge >= 0.3 is 0 Å². The lowest BCUT2D eigenvalue weighted by atomic mass is 10.2. The summed E-state index contributed by atoms with van der Waals surface area (Å²) in [4.78, 5) is 12.5. The van der Waals surface area contributed by atoms with Crippen LogP contribution in [0.15, 0.2) is 42.5 Å². The molecule has 6 nitrogen and oxygen atoms in total. The van der Waals surface area contributed by atoms with Crippen molar-refractivity contribution < 1.29 is 13.9 Å². The topological polar surface area (TPSA) is 69.0 Å². The van der Waals surface area contributed by atoms with Crippen molar-refractivity contribution in [1.29, 1.82) is 0 Å². The maximum Gasteiger partial charge on any atom is 0.278 e. The molecule has 0 fully saturated rings. The molecule has 3 aromatic rings. The summed E-state index contributed by atoms with van der Waals surface area (Å²) in [5.41, 5.74) is 2.97. The highest BCUT2D eigenvalue weighted by molar-refractivity contribution is 6.03. The van der Waals surface area contributed by atoms with Crippen molar-refractivity contribution >= 4 is 11.6 Å². The van der Waals surface area contributed by atoms with Crippen molar-refractivity contribution in [3.05, 3.63) is 65.2 Å². The van der Waals surface area contributed by atoms with E-state index in [4.69, 9.17) is 4.74 Å². The van der Waals surface area contributed by atoms with E-state index in [0.717, 1.165) is 11.3 Å². The second kappa shape index (κ2) is 6.72. The zero-order valence-electron chi connectivity index (χ0n) is 14.1. The number of aromatic nitrogens is 3. The molecule has 1 amide bonds. The summed E-state index contributed by atoms with van der Waals surface area (Å²) >= 11 is 0. The molecule has 1 N–H and O–H groups in total. The van der Waals surface area contributed by atoms with E-state index in [2.05, 4.69) is 15.6 Å². The number of carbonyl (C=O) groups is 1. The smallest absolute Gasteiger partial charge is 0.278 e. The van der Waals surface area contributed by atoms with Gasteiger partial charge in [-0.1, -0.05) is 22.9 Å². The lowest BCUT2D eigenvalue weighted by Gasteiger charge is -2.07. The fourth-order valence-corrected chi connectivity index (χ4v) is 2.41. The Balaban J connectivity index is 1.86. The van der Waals surface area contributed by atoms with Gasteiger partial charge in [-0.15, -0.1) is 5.10 Å². The number of carbonyl (C=O) groups excluding carboxylic acids is 1. The number of hydrogen-bond donors (Lipinski definition) is 1. The molecule has 0 saturated heterocycles. The van der Waals surface area contributed by atoms with Crippen molar-refractivity contribution in [3.8, 4) is 11.4 Å². The highest BCUT2D eigenvalue weighted by Crippen LogP contribution is 2.21. The van der Waals surface area contributed by atoms with Crippen molar-refractivity contribution in [2.24, 2.45) is 0 Å². The molecule has 0 spiro atoms. The van der Waals surface area contributed by atoms with Gasteiger partial charge in [0.2, 0.25) is 0 Å². The highest BCUT2D eigenvalue weighted by atomic mass is 19.1. The maximum absolute atomic E-state index is 13.5. The summed E-state index contributed by atoms with van der Waals surface area (Å²) in [5, 5.41) is 10.6. The minimum Gasteiger partial charge on any atom is -0.497 e. The van der Waals surface area contributed by atoms with Crippen LogP contribution in [0.4, 0.5) is 10.1 Å². The Kier molecular flexibility index (Phi) is 4.47. The number of benzene rings is 2. The summed E-state index contributed by atoms with van der Waals surface area (Å²) in [6.07, 6.45) is 0. The SMILES string of the molecule is COc1cc(F)cc(NC(=O)c2nnn(-c3ccc(C)cc3)c2C)c1. The van der Waals surface area contributed by atoms with E-state index in [9.17, 15) is 9.18 Å². The van der Waals surface area contributed by atoms with Gasteiger partial charge < -0.3 is 10.1 Å². The Labute approximate surface area is 144 Å². The first-order valence-corrected chi connectivity index (χ1v) is 7.63. The number of ether oxygens (including phenoxy) is 1. The van der Waals surface area contributed by atoms with Crippen molar-refractivity contribution in [2.45, 2.75) is 13.8 Å². The van der Waals surface area contributed by atoms with Gasteiger partial charge in [-0.2, -0.15) is 0 Å². The fourth-order valence-electron chi connectivity index (χ4n) is 2.41. The molecule has 0 aliphatic heterocycles. The van der Waals surface area contributed by atoms with E-state index in [0.29, 0.717) is 11.4 Å². The molecule has 0 aliphatic carbocycles. The second-order valence-electron chi connectivity index (χ2n) is 5.60. The van der Waals surface area contributed by atoms with Crippen LogP contribution in [0.3, 0.4) is 0 Å². The van der Waals surface area contributed by atoms with Crippen molar-refractivity contribution in [1.82, 2.24) is 15.0 Å². The Morgan fingerprint density at radius 2 is 1.88 bits per heavy atom. The minimum atomic E-state index is -0.505. The summed E-state index contributed by atoms with van der Waals surface area (Å²) < 4.78 is 20.1. The number of hydrogen-bond acceptors (Lipinski definition) is 4. The molecule has 0 radical (unpaired) electrons. The van der Waals surface area contributed by atoms with Crippen LogP contribution in [0.25, 0.3) is 5.69 Å². The van der Waals surface area contributed by atoms with Crippen LogP contribution < -0.4 is 10.1 Å². The van der Waals surface area contributed by atoms with E-state index < -0.39 is 11.7 Å². The van der Waals surface area contributed by atoms with E-state index in [1.807, 2.05) is 31.2 Å². The molecule has 0 atom stereocenters. The molecule has 25 heavy (non-hydrogen) atoms. The molecule has 3 rings (SSSR count). The van der Waals surface area contributed by atoms with Crippen LogP contribution in [0.2, 0.25) is 0 Å². The van der Waals surface area contributed by atoms with Gasteiger partial charge in [0.15, 0.2) is 5.69 Å². The Morgan fingerprint density at radius 3 is 2.56 bits per heavy atom. The lowest BCUT2D eigenvalue weighted by molar-refractivity contribution is 0.102. The number of nitrogens with zero attached hydrogens (tertiary/aromatic N) is 3. The zero-order chi connectivity index (χ0) is 18.0. The number of aryl methyl sites for hydroxylation is 1. The molecule has 0 unspecified atom stereocenters. The molecular weight excluding hydrogens is 323 g/mol. The normalized spacial score (nSPS) is 10.6. The average molecular weight is 340 g/mol. The Bertz CT molecular complexity index is 919. The monoisotopic (exact) mass is 340 g/mol. The van der Waals surface area contributed by atoms with Crippen LogP contribution in [0.1, 0.15) is 21.7 Å². The van der Waals surface area contributed by atoms with E-state index in [1.165, 1.54) is 25.3 Å². The molecular formula is C18H17FN4O2. The van der Waals surface area contributed by atoms with Gasteiger partial charge in [0, 0.05) is 17.8 Å². The van der Waals surface area contributed by atoms with E-state index in [-0.39, 0.29) is 11.4 Å². The van der Waals surface area contributed by atoms with Gasteiger partial charge in [0.25, 0.3) is 5.91 Å². The minimum absolute atomic E-state index is 0.170. The van der Waals surface area contributed by atoms with Gasteiger partial charge in [-0.3, -0.25) is 4.79 Å². The maximum atomic E-state index is 13.5. The predicted octanol–water partition coefficient (Wildman–Crippen LogP) is 3.28. The second-order valence-corrected chi connectivity index (χ2v) is 5.60. The van der Waals surface area contributed by atoms with E-state index >= 15 is 0 Å². The number of rotatable bonds is 4. The molecule has 0 saturated carbocycles. The standard InChI is InChI=1S/C18H17FN4O2/c1-11-4-6-15(7-5-11)23-12(2)17(21-22-23)18(24)20-14-8-13(19)9-16(10-14)25-3/h4-10H,1-3H3,(H,20,24). The van der Waals surface area contributed by atoms with Crippen LogP contribution >= 0.6 is 0 Å². The summed E-state index contributed by atoms with van der Waals surface area (Å²) in [6, 6.07) is 11.7. The molecule has 1 heterocycles. The Morgan fingerprint density at radius 1 is 1.16 bits per heavy atom. The number of nitrogens with one attached hydrogen (secondary N) is 1. The van der Waals surface area contributed by atoms with Crippen LogP contribution in [-0.2, 0) is 0 Å². The molecule has 2 aromatic carbocycles. The number of halogens is 1. The molecule has 0 aliphatic rings. The number of methoxy groups -OCH3 is 1. The van der Waals surface area contributed by atoms with Crippen LogP contribution in [0.5, 0.6) is 5.75 Å². The fraction of sp³-hybridized carbons (Fsp3) is 0.167. The first-order chi connectivity index (χ1) is 12.0. The third-order valence-electron chi connectivity index (χ3n) is 3.75. The first-order valence-electron chi connectivity index (χ1n) is 7.63. The lowest BCUT2D eigenvalue weighted by Crippen LogP contribution is -2.14. The van der Waals surface area contributed by atoms with E-state index in [1.54, 1.807) is 11.6 Å². The third-order valence-corrected chi connectivity index (χ3v) is 3.75. The summed E-state index contributed by atoms with van der Waals surface area (Å²) in [7, 11) is 1.43. The largest absolute Gasteiger partial charge is 0.497 e. The Hall–Kier alpha value is -3.22. The summed E-state index contributed by atoms with van der Waals surface area (Å²) in [5.74, 6) is -0.659. The highest BCUT2D eigenvalue weighted by Gasteiger charge is 2.18. The third kappa shape index (κ3) is 3.50. The quantitative estimate of drug-likeness (QED) is 0.791. The number of amides is 1. The van der Waals surface area contributed by atoms with Crippen LogP contribution in [0, 0.1) is 19.7 Å². The van der Waals surface area contributed by atoms with Gasteiger partial charge in [-0.05, 0) is 32.0 Å². The molecule has 1 aromatic heterocycles. The van der Waals surface area contributed by atoms with Gasteiger partial charge in [0.05, 0.1) is 18.5 Å². The van der Waals surface area contributed by atoms with Gasteiger partial charge in [-0.25, -0.2) is 9.07 Å². The number of anilines is 1. The molecule has 7 heteroatoms. The molecule has 128 valence electrons.